The smallest absolute Gasteiger partial charge is 0.352 e. The number of carbonyl (C=O) groups excluding carboxylic acids is 1. The number of rotatable bonds is 7. The standard InChI is InChI=1S/C27H40F3N3O3S/c1-18(2)25-24-9-6-21(26(34)31-15-19-10-12-33(13-11-19)37(3,35)36)14-22(24)17-32(25)16-20-4-7-23(8-5-20)27(28,29)30/h6,9,14,18-20,23,25H,4-5,7-8,10-13,15-17H2,1-3H3,(H,31,34)/t20?,23?,25-/m1/s1. The number of halogens is 3. The molecule has 0 bridgehead atoms. The topological polar surface area (TPSA) is 69.7 Å². The monoisotopic (exact) mass is 543 g/mol. The van der Waals surface area contributed by atoms with Crippen molar-refractivity contribution in [3.63, 3.8) is 0 Å². The molecule has 10 heteroatoms. The van der Waals surface area contributed by atoms with Gasteiger partial charge in [-0.15, -0.1) is 0 Å². The Morgan fingerprint density at radius 3 is 2.27 bits per heavy atom. The molecule has 1 saturated heterocycles. The first kappa shape index (κ1) is 28.4. The fourth-order valence-electron chi connectivity index (χ4n) is 6.43. The van der Waals surface area contributed by atoms with Gasteiger partial charge in [0.25, 0.3) is 5.91 Å². The molecule has 1 amide bonds. The fourth-order valence-corrected chi connectivity index (χ4v) is 7.31. The van der Waals surface area contributed by atoms with E-state index < -0.39 is 22.1 Å². The molecule has 4 rings (SSSR count). The van der Waals surface area contributed by atoms with Gasteiger partial charge in [-0.3, -0.25) is 9.69 Å². The number of hydrogen-bond acceptors (Lipinski definition) is 4. The van der Waals surface area contributed by atoms with Gasteiger partial charge in [0, 0.05) is 44.3 Å². The summed E-state index contributed by atoms with van der Waals surface area (Å²) in [5, 5.41) is 3.03. The van der Waals surface area contributed by atoms with E-state index in [-0.39, 0.29) is 36.6 Å². The van der Waals surface area contributed by atoms with E-state index in [9.17, 15) is 26.4 Å². The highest BCUT2D eigenvalue weighted by atomic mass is 32.2. The SMILES string of the molecule is CC(C)[C@@H]1c2ccc(C(=O)NCC3CCN(S(C)(=O)=O)CC3)cc2CN1CC1CCC(C(F)(F)F)CC1. The van der Waals surface area contributed by atoms with Crippen LogP contribution in [-0.2, 0) is 16.6 Å². The van der Waals surface area contributed by atoms with Crippen molar-refractivity contribution >= 4 is 15.9 Å². The Morgan fingerprint density at radius 1 is 1.05 bits per heavy atom. The van der Waals surface area contributed by atoms with Crippen LogP contribution in [0.15, 0.2) is 18.2 Å². The highest BCUT2D eigenvalue weighted by Crippen LogP contribution is 2.43. The van der Waals surface area contributed by atoms with Gasteiger partial charge in [0.2, 0.25) is 10.0 Å². The highest BCUT2D eigenvalue weighted by molar-refractivity contribution is 7.88. The summed E-state index contributed by atoms with van der Waals surface area (Å²) in [6, 6.07) is 6.08. The third kappa shape index (κ3) is 6.87. The maximum absolute atomic E-state index is 13.1. The normalized spacial score (nSPS) is 26.4. The molecule has 6 nitrogen and oxygen atoms in total. The minimum absolute atomic E-state index is 0.127. The number of nitrogens with zero attached hydrogens (tertiary/aromatic N) is 2. The van der Waals surface area contributed by atoms with E-state index in [4.69, 9.17) is 0 Å². The Kier molecular flexibility index (Phi) is 8.60. The molecule has 1 aliphatic carbocycles. The number of hydrogen-bond donors (Lipinski definition) is 1. The number of carbonyl (C=O) groups is 1. The molecule has 3 aliphatic rings. The summed E-state index contributed by atoms with van der Waals surface area (Å²) in [6.07, 6.45) is 0.266. The molecule has 2 fully saturated rings. The van der Waals surface area contributed by atoms with E-state index in [0.717, 1.165) is 24.9 Å². The summed E-state index contributed by atoms with van der Waals surface area (Å²) in [5.41, 5.74) is 2.95. The molecule has 1 saturated carbocycles. The lowest BCUT2D eigenvalue weighted by atomic mass is 9.81. The highest BCUT2D eigenvalue weighted by Gasteiger charge is 2.42. The Hall–Kier alpha value is -1.65. The average Bonchev–Trinajstić information content (AvgIpc) is 3.19. The van der Waals surface area contributed by atoms with Gasteiger partial charge < -0.3 is 5.32 Å². The number of benzene rings is 1. The minimum atomic E-state index is -4.08. The molecule has 208 valence electrons. The molecular weight excluding hydrogens is 503 g/mol. The summed E-state index contributed by atoms with van der Waals surface area (Å²) < 4.78 is 64.1. The van der Waals surface area contributed by atoms with Crippen molar-refractivity contribution in [1.82, 2.24) is 14.5 Å². The average molecular weight is 544 g/mol. The first-order valence-electron chi connectivity index (χ1n) is 13.5. The van der Waals surface area contributed by atoms with Crippen LogP contribution < -0.4 is 5.32 Å². The molecule has 37 heavy (non-hydrogen) atoms. The van der Waals surface area contributed by atoms with Crippen molar-refractivity contribution in [3.05, 3.63) is 34.9 Å². The summed E-state index contributed by atoms with van der Waals surface area (Å²) in [5.74, 6) is -0.409. The molecule has 1 aromatic carbocycles. The second-order valence-electron chi connectivity index (χ2n) is 11.6. The zero-order valence-corrected chi connectivity index (χ0v) is 22.9. The molecule has 1 aromatic rings. The quantitative estimate of drug-likeness (QED) is 0.527. The maximum atomic E-state index is 13.1. The van der Waals surface area contributed by atoms with Crippen LogP contribution in [0.25, 0.3) is 0 Å². The molecule has 0 aromatic heterocycles. The zero-order valence-electron chi connectivity index (χ0n) is 22.1. The van der Waals surface area contributed by atoms with E-state index in [0.29, 0.717) is 50.5 Å². The molecule has 1 N–H and O–H groups in total. The van der Waals surface area contributed by atoms with E-state index >= 15 is 0 Å². The lowest BCUT2D eigenvalue weighted by Crippen LogP contribution is -2.41. The van der Waals surface area contributed by atoms with Crippen molar-refractivity contribution in [2.75, 3.05) is 32.4 Å². The zero-order chi connectivity index (χ0) is 27.0. The lowest BCUT2D eigenvalue weighted by molar-refractivity contribution is -0.184. The minimum Gasteiger partial charge on any atom is -0.352 e. The van der Waals surface area contributed by atoms with Gasteiger partial charge in [0.15, 0.2) is 0 Å². The van der Waals surface area contributed by atoms with Gasteiger partial charge in [-0.05, 0) is 79.5 Å². The number of nitrogens with one attached hydrogen (secondary N) is 1. The second kappa shape index (κ2) is 11.2. The second-order valence-corrected chi connectivity index (χ2v) is 13.6. The largest absolute Gasteiger partial charge is 0.391 e. The Labute approximate surface area is 219 Å². The summed E-state index contributed by atoms with van der Waals surface area (Å²) in [6.45, 7) is 7.34. The van der Waals surface area contributed by atoms with Crippen LogP contribution in [-0.4, -0.2) is 62.1 Å². The maximum Gasteiger partial charge on any atom is 0.391 e. The molecular formula is C27H40F3N3O3S. The van der Waals surface area contributed by atoms with E-state index in [1.165, 1.54) is 16.1 Å². The van der Waals surface area contributed by atoms with Gasteiger partial charge in [0.05, 0.1) is 12.2 Å². The van der Waals surface area contributed by atoms with Gasteiger partial charge in [-0.25, -0.2) is 12.7 Å². The summed E-state index contributed by atoms with van der Waals surface area (Å²) in [4.78, 5) is 15.3. The molecule has 2 aliphatic heterocycles. The third-order valence-electron chi connectivity index (χ3n) is 8.52. The van der Waals surface area contributed by atoms with Gasteiger partial charge in [-0.1, -0.05) is 19.9 Å². The Bertz CT molecular complexity index is 1060. The number of piperidine rings is 1. The van der Waals surface area contributed by atoms with Crippen LogP contribution >= 0.6 is 0 Å². The van der Waals surface area contributed by atoms with Crippen LogP contribution in [0.1, 0.15) is 79.9 Å². The van der Waals surface area contributed by atoms with E-state index in [1.54, 1.807) is 0 Å². The van der Waals surface area contributed by atoms with Crippen molar-refractivity contribution in [1.29, 1.82) is 0 Å². The van der Waals surface area contributed by atoms with Crippen LogP contribution in [0.4, 0.5) is 13.2 Å². The van der Waals surface area contributed by atoms with Gasteiger partial charge in [-0.2, -0.15) is 13.2 Å². The fraction of sp³-hybridized carbons (Fsp3) is 0.741. The van der Waals surface area contributed by atoms with Crippen LogP contribution in [0.5, 0.6) is 0 Å². The predicted octanol–water partition coefficient (Wildman–Crippen LogP) is 4.97. The van der Waals surface area contributed by atoms with Crippen molar-refractivity contribution < 1.29 is 26.4 Å². The van der Waals surface area contributed by atoms with Crippen LogP contribution in [0.3, 0.4) is 0 Å². The van der Waals surface area contributed by atoms with Crippen molar-refractivity contribution in [2.45, 2.75) is 71.1 Å². The van der Waals surface area contributed by atoms with Crippen molar-refractivity contribution in [2.24, 2.45) is 23.7 Å². The van der Waals surface area contributed by atoms with E-state index in [1.807, 2.05) is 18.2 Å². The Morgan fingerprint density at radius 2 is 1.70 bits per heavy atom. The first-order valence-corrected chi connectivity index (χ1v) is 15.3. The summed E-state index contributed by atoms with van der Waals surface area (Å²) >= 11 is 0. The van der Waals surface area contributed by atoms with Crippen LogP contribution in [0, 0.1) is 23.7 Å². The predicted molar refractivity (Wildman–Crippen MR) is 137 cm³/mol. The number of amides is 1. The molecule has 0 radical (unpaired) electrons. The molecule has 2 heterocycles. The molecule has 1 atom stereocenters. The Balaban J connectivity index is 1.33. The number of alkyl halides is 3. The van der Waals surface area contributed by atoms with Crippen LogP contribution in [0.2, 0.25) is 0 Å². The summed E-state index contributed by atoms with van der Waals surface area (Å²) in [7, 11) is -3.17. The van der Waals surface area contributed by atoms with Gasteiger partial charge in [0.1, 0.15) is 0 Å². The van der Waals surface area contributed by atoms with Gasteiger partial charge >= 0.3 is 6.18 Å². The molecule has 0 spiro atoms. The van der Waals surface area contributed by atoms with E-state index in [2.05, 4.69) is 24.1 Å². The number of sulfonamides is 1. The number of fused-ring (bicyclic) bond motifs is 1. The first-order chi connectivity index (χ1) is 17.3. The molecule has 0 unspecified atom stereocenters. The third-order valence-corrected chi connectivity index (χ3v) is 9.82. The van der Waals surface area contributed by atoms with Crippen molar-refractivity contribution in [3.8, 4) is 0 Å². The lowest BCUT2D eigenvalue weighted by Gasteiger charge is -2.35.